The second-order valence-corrected chi connectivity index (χ2v) is 6.58. The zero-order chi connectivity index (χ0) is 14.9. The Kier molecular flexibility index (Phi) is 4.81. The van der Waals surface area contributed by atoms with Crippen LogP contribution in [0.2, 0.25) is 0 Å². The summed E-state index contributed by atoms with van der Waals surface area (Å²) in [5.41, 5.74) is 0. The molecule has 0 aromatic rings. The first kappa shape index (κ1) is 15.4. The molecule has 0 aliphatic carbocycles. The molecule has 3 unspecified atom stereocenters. The third-order valence-electron chi connectivity index (χ3n) is 4.61. The van der Waals surface area contributed by atoms with E-state index in [2.05, 4.69) is 10.2 Å². The largest absolute Gasteiger partial charge is 0.393 e. The molecular formula is C15H26N2O3. The SMILES string of the molecule is CC(=O)C(NC(=O)CN1C2CCC1CC(O)C2)C(C)C. The fourth-order valence-electron chi connectivity index (χ4n) is 3.63. The van der Waals surface area contributed by atoms with Gasteiger partial charge in [-0.25, -0.2) is 0 Å². The molecule has 2 bridgehead atoms. The fraction of sp³-hybridized carbons (Fsp3) is 0.867. The van der Waals surface area contributed by atoms with Gasteiger partial charge in [-0.2, -0.15) is 0 Å². The van der Waals surface area contributed by atoms with Crippen LogP contribution in [0.25, 0.3) is 0 Å². The first-order chi connectivity index (χ1) is 9.38. The van der Waals surface area contributed by atoms with Crippen molar-refractivity contribution >= 4 is 11.7 Å². The minimum atomic E-state index is -0.393. The lowest BCUT2D eigenvalue weighted by Gasteiger charge is -2.36. The van der Waals surface area contributed by atoms with E-state index in [1.807, 2.05) is 13.8 Å². The second-order valence-electron chi connectivity index (χ2n) is 6.58. The van der Waals surface area contributed by atoms with Crippen molar-refractivity contribution in [3.05, 3.63) is 0 Å². The molecule has 2 rings (SSSR count). The molecule has 20 heavy (non-hydrogen) atoms. The van der Waals surface area contributed by atoms with Crippen molar-refractivity contribution in [2.75, 3.05) is 6.54 Å². The maximum atomic E-state index is 12.2. The monoisotopic (exact) mass is 282 g/mol. The number of aliphatic hydroxyl groups excluding tert-OH is 1. The molecule has 0 aromatic heterocycles. The van der Waals surface area contributed by atoms with Gasteiger partial charge < -0.3 is 10.4 Å². The van der Waals surface area contributed by atoms with Crippen molar-refractivity contribution in [3.63, 3.8) is 0 Å². The van der Waals surface area contributed by atoms with Gasteiger partial charge in [0.1, 0.15) is 0 Å². The molecule has 5 nitrogen and oxygen atoms in total. The highest BCUT2D eigenvalue weighted by molar-refractivity contribution is 5.88. The number of hydrogen-bond acceptors (Lipinski definition) is 4. The van der Waals surface area contributed by atoms with E-state index in [0.29, 0.717) is 18.6 Å². The van der Waals surface area contributed by atoms with Crippen LogP contribution in [0.3, 0.4) is 0 Å². The van der Waals surface area contributed by atoms with Crippen molar-refractivity contribution in [1.82, 2.24) is 10.2 Å². The standard InChI is InChI=1S/C15H26N2O3/c1-9(2)15(10(3)18)16-14(20)8-17-11-4-5-12(17)7-13(19)6-11/h9,11-13,15,19H,4-8H2,1-3H3,(H,16,20). The number of hydrogen-bond donors (Lipinski definition) is 2. The highest BCUT2D eigenvalue weighted by atomic mass is 16.3. The lowest BCUT2D eigenvalue weighted by atomic mass is 9.99. The molecule has 2 saturated heterocycles. The summed E-state index contributed by atoms with van der Waals surface area (Å²) in [5, 5.41) is 12.6. The van der Waals surface area contributed by atoms with Gasteiger partial charge in [0.25, 0.3) is 0 Å². The van der Waals surface area contributed by atoms with E-state index >= 15 is 0 Å². The van der Waals surface area contributed by atoms with E-state index in [9.17, 15) is 14.7 Å². The molecule has 2 N–H and O–H groups in total. The van der Waals surface area contributed by atoms with E-state index in [1.165, 1.54) is 6.92 Å². The number of ketones is 1. The summed E-state index contributed by atoms with van der Waals surface area (Å²) < 4.78 is 0. The quantitative estimate of drug-likeness (QED) is 0.779. The third kappa shape index (κ3) is 3.38. The van der Waals surface area contributed by atoms with Gasteiger partial charge in [-0.15, -0.1) is 0 Å². The molecule has 114 valence electrons. The maximum Gasteiger partial charge on any atom is 0.234 e. The van der Waals surface area contributed by atoms with Gasteiger partial charge in [0, 0.05) is 12.1 Å². The number of nitrogens with one attached hydrogen (secondary N) is 1. The molecule has 0 saturated carbocycles. The van der Waals surface area contributed by atoms with Crippen LogP contribution in [-0.2, 0) is 9.59 Å². The van der Waals surface area contributed by atoms with Crippen molar-refractivity contribution in [1.29, 1.82) is 0 Å². The van der Waals surface area contributed by atoms with Crippen molar-refractivity contribution in [2.24, 2.45) is 5.92 Å². The molecule has 0 radical (unpaired) electrons. The predicted octanol–water partition coefficient (Wildman–Crippen LogP) is 0.704. The number of carbonyl (C=O) groups excluding carboxylic acids is 2. The van der Waals surface area contributed by atoms with Gasteiger partial charge in [0.15, 0.2) is 5.78 Å². The maximum absolute atomic E-state index is 12.2. The highest BCUT2D eigenvalue weighted by Gasteiger charge is 2.41. The van der Waals surface area contributed by atoms with Crippen LogP contribution in [0.4, 0.5) is 0 Å². The summed E-state index contributed by atoms with van der Waals surface area (Å²) in [6, 6.07) is 0.254. The van der Waals surface area contributed by atoms with Crippen LogP contribution >= 0.6 is 0 Å². The van der Waals surface area contributed by atoms with Crippen LogP contribution in [0.1, 0.15) is 46.5 Å². The summed E-state index contributed by atoms with van der Waals surface area (Å²) in [6.45, 7) is 5.74. The molecule has 2 aliphatic rings. The number of rotatable bonds is 5. The Morgan fingerprint density at radius 2 is 1.80 bits per heavy atom. The Hall–Kier alpha value is -0.940. The van der Waals surface area contributed by atoms with E-state index in [0.717, 1.165) is 25.7 Å². The molecule has 2 aliphatic heterocycles. The van der Waals surface area contributed by atoms with E-state index in [1.54, 1.807) is 0 Å². The smallest absolute Gasteiger partial charge is 0.234 e. The first-order valence-electron chi connectivity index (χ1n) is 7.62. The molecule has 3 atom stereocenters. The fourth-order valence-corrected chi connectivity index (χ4v) is 3.63. The van der Waals surface area contributed by atoms with E-state index in [4.69, 9.17) is 0 Å². The van der Waals surface area contributed by atoms with Crippen LogP contribution in [-0.4, -0.2) is 52.5 Å². The molecule has 0 spiro atoms. The summed E-state index contributed by atoms with van der Waals surface area (Å²) in [7, 11) is 0. The second kappa shape index (κ2) is 6.22. The summed E-state index contributed by atoms with van der Waals surface area (Å²) in [6.07, 6.45) is 3.45. The summed E-state index contributed by atoms with van der Waals surface area (Å²) >= 11 is 0. The molecule has 2 heterocycles. The minimum Gasteiger partial charge on any atom is -0.393 e. The van der Waals surface area contributed by atoms with Crippen LogP contribution < -0.4 is 5.32 Å². The molecule has 2 fully saturated rings. The Labute approximate surface area is 120 Å². The highest BCUT2D eigenvalue weighted by Crippen LogP contribution is 2.35. The average Bonchev–Trinajstić information content (AvgIpc) is 2.59. The zero-order valence-electron chi connectivity index (χ0n) is 12.6. The van der Waals surface area contributed by atoms with Gasteiger partial charge in [0.2, 0.25) is 5.91 Å². The van der Waals surface area contributed by atoms with Crippen molar-refractivity contribution < 1.29 is 14.7 Å². The van der Waals surface area contributed by atoms with Gasteiger partial charge in [0.05, 0.1) is 18.7 Å². The van der Waals surface area contributed by atoms with Gasteiger partial charge >= 0.3 is 0 Å². The topological polar surface area (TPSA) is 69.6 Å². The van der Waals surface area contributed by atoms with Crippen LogP contribution in [0.15, 0.2) is 0 Å². The summed E-state index contributed by atoms with van der Waals surface area (Å²) in [5.74, 6) is 0.0360. The Morgan fingerprint density at radius 1 is 1.25 bits per heavy atom. The summed E-state index contributed by atoms with van der Waals surface area (Å²) in [4.78, 5) is 25.9. The Balaban J connectivity index is 1.90. The molecule has 1 amide bonds. The normalized spacial score (nSPS) is 31.4. The number of nitrogens with zero attached hydrogens (tertiary/aromatic N) is 1. The zero-order valence-corrected chi connectivity index (χ0v) is 12.6. The van der Waals surface area contributed by atoms with Crippen LogP contribution in [0.5, 0.6) is 0 Å². The molecule has 5 heteroatoms. The van der Waals surface area contributed by atoms with Crippen molar-refractivity contribution in [2.45, 2.75) is 70.7 Å². The van der Waals surface area contributed by atoms with E-state index < -0.39 is 6.04 Å². The average molecular weight is 282 g/mol. The van der Waals surface area contributed by atoms with E-state index in [-0.39, 0.29) is 23.7 Å². The number of piperidine rings is 1. The number of aliphatic hydroxyl groups is 1. The predicted molar refractivity (Wildman–Crippen MR) is 76.2 cm³/mol. The van der Waals surface area contributed by atoms with Crippen LogP contribution in [0, 0.1) is 5.92 Å². The van der Waals surface area contributed by atoms with Gasteiger partial charge in [-0.1, -0.05) is 13.8 Å². The third-order valence-corrected chi connectivity index (χ3v) is 4.61. The minimum absolute atomic E-state index is 0.00499. The Morgan fingerprint density at radius 3 is 2.25 bits per heavy atom. The lowest BCUT2D eigenvalue weighted by molar-refractivity contribution is -0.129. The number of amides is 1. The van der Waals surface area contributed by atoms with Gasteiger partial charge in [-0.3, -0.25) is 14.5 Å². The first-order valence-corrected chi connectivity index (χ1v) is 7.62. The number of carbonyl (C=O) groups is 2. The number of fused-ring (bicyclic) bond motifs is 2. The van der Waals surface area contributed by atoms with Crippen molar-refractivity contribution in [3.8, 4) is 0 Å². The molecular weight excluding hydrogens is 256 g/mol. The van der Waals surface area contributed by atoms with Gasteiger partial charge in [-0.05, 0) is 38.5 Å². The Bertz CT molecular complexity index is 369. The molecule has 0 aromatic carbocycles. The lowest BCUT2D eigenvalue weighted by Crippen LogP contribution is -2.52. The number of Topliss-reactive ketones (excluding diaryl/α,β-unsaturated/α-hetero) is 1.